The quantitative estimate of drug-likeness (QED) is 0.289. The monoisotopic (exact) mass is 486 g/mol. The number of carbonyl (C=O) groups excluding carboxylic acids is 2. The topological polar surface area (TPSA) is 97.1 Å². The van der Waals surface area contributed by atoms with Gasteiger partial charge in [0.15, 0.2) is 15.9 Å². The zero-order chi connectivity index (χ0) is 23.5. The van der Waals surface area contributed by atoms with Crippen molar-refractivity contribution in [2.75, 3.05) is 10.6 Å². The van der Waals surface area contributed by atoms with Crippen LogP contribution in [0, 0.1) is 0 Å². The summed E-state index contributed by atoms with van der Waals surface area (Å²) in [4.78, 5) is 34.2. The van der Waals surface area contributed by atoms with E-state index >= 15 is 0 Å². The van der Waals surface area contributed by atoms with Gasteiger partial charge >= 0.3 is 0 Å². The molecule has 5 rings (SSSR count). The molecule has 9 heteroatoms. The number of hydrogen-bond donors (Lipinski definition) is 2. The molecular weight excluding hydrogens is 468 g/mol. The van der Waals surface area contributed by atoms with Gasteiger partial charge in [0, 0.05) is 29.1 Å². The highest BCUT2D eigenvalue weighted by molar-refractivity contribution is 7.18. The van der Waals surface area contributed by atoms with Crippen molar-refractivity contribution in [2.45, 2.75) is 6.92 Å². The van der Waals surface area contributed by atoms with E-state index < -0.39 is 0 Å². The predicted octanol–water partition coefficient (Wildman–Crippen LogP) is 6.40. The summed E-state index contributed by atoms with van der Waals surface area (Å²) in [5.41, 5.74) is 3.78. The third kappa shape index (κ3) is 4.66. The number of carbonyl (C=O) groups is 2. The molecule has 0 atom stereocenters. The minimum Gasteiger partial charge on any atom is -0.462 e. The fraction of sp³-hybridized carbons (Fsp3) is 0.0400. The molecule has 0 unspecified atom stereocenters. The molecule has 0 fully saturated rings. The summed E-state index contributed by atoms with van der Waals surface area (Å²) < 4.78 is 5.49. The Balaban J connectivity index is 1.40. The molecule has 0 aliphatic heterocycles. The van der Waals surface area contributed by atoms with E-state index in [0.29, 0.717) is 32.2 Å². The first-order valence-electron chi connectivity index (χ1n) is 10.3. The van der Waals surface area contributed by atoms with Crippen LogP contribution in [0.15, 0.2) is 82.8 Å². The second-order valence-electron chi connectivity index (χ2n) is 7.29. The van der Waals surface area contributed by atoms with E-state index in [4.69, 9.17) is 4.42 Å². The van der Waals surface area contributed by atoms with Crippen LogP contribution in [0.3, 0.4) is 0 Å². The summed E-state index contributed by atoms with van der Waals surface area (Å²) in [6, 6.07) is 20.6. The molecule has 34 heavy (non-hydrogen) atoms. The molecule has 0 aliphatic rings. The van der Waals surface area contributed by atoms with E-state index in [1.807, 2.05) is 66.0 Å². The smallest absolute Gasteiger partial charge is 0.269 e. The molecular formula is C25H18N4O3S2. The van der Waals surface area contributed by atoms with Crippen molar-refractivity contribution >= 4 is 45.3 Å². The zero-order valence-electron chi connectivity index (χ0n) is 17.9. The SMILES string of the molecule is CC(=O)Nc1ccc(-c2csc(NC(=O)c3sc(-c4ccco4)nc3-c3ccccc3)n2)cc1. The zero-order valence-corrected chi connectivity index (χ0v) is 19.6. The van der Waals surface area contributed by atoms with Gasteiger partial charge in [0.1, 0.15) is 4.88 Å². The first kappa shape index (κ1) is 21.7. The van der Waals surface area contributed by atoms with Crippen LogP contribution in [-0.2, 0) is 4.79 Å². The van der Waals surface area contributed by atoms with Gasteiger partial charge in [0.05, 0.1) is 17.7 Å². The van der Waals surface area contributed by atoms with Gasteiger partial charge in [-0.05, 0) is 24.3 Å². The van der Waals surface area contributed by atoms with Crippen molar-refractivity contribution in [1.82, 2.24) is 9.97 Å². The van der Waals surface area contributed by atoms with Gasteiger partial charge in [0.25, 0.3) is 5.91 Å². The number of nitrogens with zero attached hydrogens (tertiary/aromatic N) is 2. The highest BCUT2D eigenvalue weighted by atomic mass is 32.1. The van der Waals surface area contributed by atoms with Crippen LogP contribution in [-0.4, -0.2) is 21.8 Å². The van der Waals surface area contributed by atoms with Gasteiger partial charge in [-0.25, -0.2) is 9.97 Å². The second kappa shape index (κ2) is 9.42. The maximum absolute atomic E-state index is 13.2. The molecule has 0 bridgehead atoms. The number of furan rings is 1. The Bertz CT molecular complexity index is 1440. The van der Waals surface area contributed by atoms with E-state index in [1.54, 1.807) is 12.3 Å². The van der Waals surface area contributed by atoms with Crippen LogP contribution >= 0.6 is 22.7 Å². The number of thiazole rings is 2. The summed E-state index contributed by atoms with van der Waals surface area (Å²) in [6.45, 7) is 1.47. The Kier molecular flexibility index (Phi) is 6.03. The molecule has 0 saturated heterocycles. The summed E-state index contributed by atoms with van der Waals surface area (Å²) in [5, 5.41) is 8.64. The molecule has 3 heterocycles. The lowest BCUT2D eigenvalue weighted by atomic mass is 10.1. The van der Waals surface area contributed by atoms with Gasteiger partial charge in [-0.3, -0.25) is 14.9 Å². The van der Waals surface area contributed by atoms with E-state index in [9.17, 15) is 9.59 Å². The minimum absolute atomic E-state index is 0.125. The number of nitrogens with one attached hydrogen (secondary N) is 2. The highest BCUT2D eigenvalue weighted by Crippen LogP contribution is 2.35. The maximum atomic E-state index is 13.2. The minimum atomic E-state index is -0.281. The average molecular weight is 487 g/mol. The van der Waals surface area contributed by atoms with E-state index in [1.165, 1.54) is 29.6 Å². The van der Waals surface area contributed by atoms with E-state index in [2.05, 4.69) is 20.6 Å². The van der Waals surface area contributed by atoms with Crippen molar-refractivity contribution in [1.29, 1.82) is 0 Å². The third-order valence-corrected chi connectivity index (χ3v) is 6.66. The first-order valence-corrected chi connectivity index (χ1v) is 12.0. The molecule has 0 radical (unpaired) electrons. The van der Waals surface area contributed by atoms with Crippen LogP contribution in [0.4, 0.5) is 10.8 Å². The van der Waals surface area contributed by atoms with Gasteiger partial charge in [-0.15, -0.1) is 22.7 Å². The Morgan fingerprint density at radius 2 is 1.68 bits per heavy atom. The number of aromatic nitrogens is 2. The molecule has 168 valence electrons. The highest BCUT2D eigenvalue weighted by Gasteiger charge is 2.22. The second-order valence-corrected chi connectivity index (χ2v) is 9.15. The van der Waals surface area contributed by atoms with Crippen LogP contribution in [0.1, 0.15) is 16.6 Å². The molecule has 5 aromatic rings. The normalized spacial score (nSPS) is 10.7. The molecule has 7 nitrogen and oxygen atoms in total. The number of amides is 2. The number of anilines is 2. The Labute approximate surface area is 203 Å². The summed E-state index contributed by atoms with van der Waals surface area (Å²) in [7, 11) is 0. The van der Waals surface area contributed by atoms with E-state index in [-0.39, 0.29) is 11.8 Å². The number of hydrogen-bond acceptors (Lipinski definition) is 7. The maximum Gasteiger partial charge on any atom is 0.269 e. The number of rotatable bonds is 6. The van der Waals surface area contributed by atoms with Crippen LogP contribution in [0.25, 0.3) is 33.3 Å². The van der Waals surface area contributed by atoms with Gasteiger partial charge < -0.3 is 9.73 Å². The molecule has 0 saturated carbocycles. The number of benzene rings is 2. The van der Waals surface area contributed by atoms with Crippen LogP contribution in [0.2, 0.25) is 0 Å². The molecule has 3 aromatic heterocycles. The average Bonchev–Trinajstić information content (AvgIpc) is 3.60. The van der Waals surface area contributed by atoms with Gasteiger partial charge in [0.2, 0.25) is 5.91 Å². The largest absolute Gasteiger partial charge is 0.462 e. The van der Waals surface area contributed by atoms with Crippen molar-refractivity contribution < 1.29 is 14.0 Å². The van der Waals surface area contributed by atoms with Gasteiger partial charge in [-0.1, -0.05) is 42.5 Å². The van der Waals surface area contributed by atoms with Crippen molar-refractivity contribution in [3.63, 3.8) is 0 Å². The lowest BCUT2D eigenvalue weighted by molar-refractivity contribution is -0.114. The van der Waals surface area contributed by atoms with Crippen LogP contribution < -0.4 is 10.6 Å². The lowest BCUT2D eigenvalue weighted by Gasteiger charge is -2.03. The molecule has 2 aromatic carbocycles. The Morgan fingerprint density at radius 1 is 0.882 bits per heavy atom. The lowest BCUT2D eigenvalue weighted by Crippen LogP contribution is -2.11. The predicted molar refractivity (Wildman–Crippen MR) is 135 cm³/mol. The fourth-order valence-electron chi connectivity index (χ4n) is 3.32. The van der Waals surface area contributed by atoms with Crippen LogP contribution in [0.5, 0.6) is 0 Å². The summed E-state index contributed by atoms with van der Waals surface area (Å²) >= 11 is 2.62. The molecule has 2 N–H and O–H groups in total. The molecule has 2 amide bonds. The Hall–Kier alpha value is -4.08. The third-order valence-electron chi connectivity index (χ3n) is 4.84. The summed E-state index contributed by atoms with van der Waals surface area (Å²) in [6.07, 6.45) is 1.58. The summed E-state index contributed by atoms with van der Waals surface area (Å²) in [5.74, 6) is 0.205. The molecule has 0 spiro atoms. The van der Waals surface area contributed by atoms with Crippen molar-refractivity contribution in [3.05, 3.63) is 83.3 Å². The van der Waals surface area contributed by atoms with E-state index in [0.717, 1.165) is 16.8 Å². The standard InChI is InChI=1S/C25H18N4O3S2/c1-15(30)26-18-11-9-16(10-12-18)19-14-33-25(27-19)29-23(31)22-21(17-6-3-2-4-7-17)28-24(34-22)20-8-5-13-32-20/h2-14H,1H3,(H,26,30)(H,27,29,31). The molecule has 0 aliphatic carbocycles. The first-order chi connectivity index (χ1) is 16.6. The van der Waals surface area contributed by atoms with Crippen molar-refractivity contribution in [3.8, 4) is 33.3 Å². The van der Waals surface area contributed by atoms with Gasteiger partial charge in [-0.2, -0.15) is 0 Å². The Morgan fingerprint density at radius 3 is 2.38 bits per heavy atom. The fourth-order valence-corrected chi connectivity index (χ4v) is 4.98. The van der Waals surface area contributed by atoms with Crippen molar-refractivity contribution in [2.24, 2.45) is 0 Å².